The first kappa shape index (κ1) is 41.5. The summed E-state index contributed by atoms with van der Waals surface area (Å²) < 4.78 is 6.72. The van der Waals surface area contributed by atoms with E-state index in [1.165, 1.54) is 53.4 Å². The zero-order valence-corrected chi connectivity index (χ0v) is 34.0. The average molecular weight is 828 g/mol. The molecule has 2 heterocycles. The highest BCUT2D eigenvalue weighted by molar-refractivity contribution is 6.02. The fraction of sp³-hybridized carbons (Fsp3) is 0.250. The summed E-state index contributed by atoms with van der Waals surface area (Å²) in [5.41, 5.74) is 5.67. The minimum absolute atomic E-state index is 0.000378. The second-order valence-corrected chi connectivity index (χ2v) is 14.6. The van der Waals surface area contributed by atoms with E-state index in [4.69, 9.17) is 4.74 Å². The molecule has 5 amide bonds. The molecule has 314 valence electrons. The van der Waals surface area contributed by atoms with E-state index in [9.17, 15) is 34.6 Å². The number of amides is 5. The van der Waals surface area contributed by atoms with Gasteiger partial charge < -0.3 is 41.1 Å². The molecule has 0 fully saturated rings. The van der Waals surface area contributed by atoms with Crippen molar-refractivity contribution in [2.75, 3.05) is 60.5 Å². The van der Waals surface area contributed by atoms with Crippen molar-refractivity contribution in [2.45, 2.75) is 33.2 Å². The van der Waals surface area contributed by atoms with Gasteiger partial charge in [-0.2, -0.15) is 0 Å². The Morgan fingerprint density at radius 3 is 1.77 bits per heavy atom. The van der Waals surface area contributed by atoms with Crippen LogP contribution < -0.4 is 31.3 Å². The van der Waals surface area contributed by atoms with E-state index in [0.29, 0.717) is 41.5 Å². The summed E-state index contributed by atoms with van der Waals surface area (Å²) in [5, 5.41) is 37.4. The van der Waals surface area contributed by atoms with Crippen LogP contribution in [0.5, 0.6) is 11.5 Å². The van der Waals surface area contributed by atoms with Crippen molar-refractivity contribution in [1.82, 2.24) is 15.1 Å². The van der Waals surface area contributed by atoms with Crippen LogP contribution in [0.1, 0.15) is 52.0 Å². The van der Waals surface area contributed by atoms with Crippen LogP contribution in [0.2, 0.25) is 0 Å². The van der Waals surface area contributed by atoms with Crippen molar-refractivity contribution in [3.05, 3.63) is 151 Å². The lowest BCUT2D eigenvalue weighted by molar-refractivity contribution is -0.385. The Labute approximate surface area is 351 Å². The Balaban J connectivity index is 1.24. The van der Waals surface area contributed by atoms with Crippen LogP contribution in [0.3, 0.4) is 0 Å². The Morgan fingerprint density at radius 1 is 0.721 bits per heavy atom. The lowest BCUT2D eigenvalue weighted by Gasteiger charge is -2.45. The largest absolute Gasteiger partial charge is 0.456 e. The van der Waals surface area contributed by atoms with E-state index >= 15 is 0 Å². The molecule has 5 aromatic carbocycles. The summed E-state index contributed by atoms with van der Waals surface area (Å²) >= 11 is 0. The maximum Gasteiger partial charge on any atom is 0.321 e. The van der Waals surface area contributed by atoms with E-state index in [0.717, 1.165) is 39.2 Å². The first-order chi connectivity index (χ1) is 29.3. The van der Waals surface area contributed by atoms with Gasteiger partial charge in [0.25, 0.3) is 17.3 Å². The van der Waals surface area contributed by atoms with Crippen LogP contribution >= 0.6 is 0 Å². The second kappa shape index (κ2) is 17.3. The maximum atomic E-state index is 14.9. The number of nitrogens with zero attached hydrogens (tertiary/aromatic N) is 4. The third kappa shape index (κ3) is 8.04. The van der Waals surface area contributed by atoms with Crippen molar-refractivity contribution < 1.29 is 29.0 Å². The Bertz CT molecular complexity index is 2470. The molecule has 0 aliphatic carbocycles. The highest BCUT2D eigenvalue weighted by Crippen LogP contribution is 2.58. The molecule has 17 heteroatoms. The van der Waals surface area contributed by atoms with Gasteiger partial charge in [-0.3, -0.25) is 25.0 Å². The van der Waals surface area contributed by atoms with Crippen LogP contribution in [0, 0.1) is 34.1 Å². The fourth-order valence-electron chi connectivity index (χ4n) is 7.97. The molecule has 17 nitrogen and oxygen atoms in total. The second-order valence-electron chi connectivity index (χ2n) is 14.6. The Hall–Kier alpha value is -7.69. The summed E-state index contributed by atoms with van der Waals surface area (Å²) in [5.74, 6) is 0.907. The molecule has 61 heavy (non-hydrogen) atoms. The summed E-state index contributed by atoms with van der Waals surface area (Å²) in [6.07, 6.45) is 0. The zero-order valence-electron chi connectivity index (χ0n) is 34.0. The Morgan fingerprint density at radius 2 is 1.25 bits per heavy atom. The number of urea groups is 2. The monoisotopic (exact) mass is 827 g/mol. The number of fused-ring (bicyclic) bond motifs is 6. The Kier molecular flexibility index (Phi) is 11.7. The van der Waals surface area contributed by atoms with Crippen LogP contribution in [0.15, 0.2) is 97.1 Å². The third-order valence-electron chi connectivity index (χ3n) is 10.8. The molecule has 2 aliphatic rings. The number of carbonyl (C=O) groups excluding carboxylic acids is 3. The highest BCUT2D eigenvalue weighted by Gasteiger charge is 2.56. The molecular weight excluding hydrogens is 783 g/mol. The van der Waals surface area contributed by atoms with Gasteiger partial charge >= 0.3 is 12.1 Å². The molecule has 0 aromatic heterocycles. The molecule has 5 N–H and O–H groups in total. The maximum absolute atomic E-state index is 14.9. The molecule has 0 radical (unpaired) electrons. The SMILES string of the molecule is CCNc1cc2c(cc1C)C1(c3cc(C)c(NCC)cc3O2)c2ccccc2C(=O)N1CCN(CCNC(=O)Nc1ccc([N+](=O)[O-])cc1)C(=O)Nc1ccc([N+](=O)[O-])cc1. The molecule has 7 rings (SSSR count). The molecule has 1 spiro atoms. The van der Waals surface area contributed by atoms with Crippen LogP contribution in [0.25, 0.3) is 0 Å². The number of ether oxygens (including phenoxy) is 1. The van der Waals surface area contributed by atoms with E-state index in [-0.39, 0.29) is 43.5 Å². The fourth-order valence-corrected chi connectivity index (χ4v) is 7.97. The predicted octanol–water partition coefficient (Wildman–Crippen LogP) is 8.19. The van der Waals surface area contributed by atoms with Gasteiger partial charge in [0, 0.05) is 115 Å². The number of nitro benzene ring substituents is 2. The van der Waals surface area contributed by atoms with Crippen molar-refractivity contribution in [3.63, 3.8) is 0 Å². The number of carbonyl (C=O) groups is 3. The van der Waals surface area contributed by atoms with Crippen molar-refractivity contribution in [3.8, 4) is 11.5 Å². The van der Waals surface area contributed by atoms with Crippen molar-refractivity contribution in [2.24, 2.45) is 0 Å². The molecule has 5 aromatic rings. The average Bonchev–Trinajstić information content (AvgIpc) is 3.48. The topological polar surface area (TPSA) is 213 Å². The van der Waals surface area contributed by atoms with Crippen LogP contribution in [0.4, 0.5) is 43.7 Å². The zero-order chi connectivity index (χ0) is 43.4. The lowest BCUT2D eigenvalue weighted by atomic mass is 9.73. The van der Waals surface area contributed by atoms with Gasteiger partial charge in [0.15, 0.2) is 0 Å². The summed E-state index contributed by atoms with van der Waals surface area (Å²) in [7, 11) is 0. The summed E-state index contributed by atoms with van der Waals surface area (Å²) in [4.78, 5) is 66.4. The number of nitrogens with one attached hydrogen (secondary N) is 5. The van der Waals surface area contributed by atoms with Gasteiger partial charge in [-0.25, -0.2) is 9.59 Å². The van der Waals surface area contributed by atoms with E-state index in [2.05, 4.69) is 38.7 Å². The molecule has 0 unspecified atom stereocenters. The molecule has 0 saturated carbocycles. The van der Waals surface area contributed by atoms with Gasteiger partial charge in [-0.1, -0.05) is 18.2 Å². The lowest BCUT2D eigenvalue weighted by Crippen LogP contribution is -2.51. The van der Waals surface area contributed by atoms with Gasteiger partial charge in [0.2, 0.25) is 0 Å². The molecule has 0 saturated heterocycles. The number of anilines is 4. The minimum atomic E-state index is -1.18. The number of rotatable bonds is 14. The quantitative estimate of drug-likeness (QED) is 0.0535. The first-order valence-corrected chi connectivity index (χ1v) is 19.8. The first-order valence-electron chi connectivity index (χ1n) is 19.8. The highest BCUT2D eigenvalue weighted by atomic mass is 16.6. The minimum Gasteiger partial charge on any atom is -0.456 e. The molecule has 0 atom stereocenters. The number of benzene rings is 5. The number of hydrogen-bond donors (Lipinski definition) is 5. The predicted molar refractivity (Wildman–Crippen MR) is 232 cm³/mol. The summed E-state index contributed by atoms with van der Waals surface area (Å²) in [6.45, 7) is 9.41. The van der Waals surface area contributed by atoms with Gasteiger partial charge in [-0.15, -0.1) is 0 Å². The van der Waals surface area contributed by atoms with Crippen molar-refractivity contribution >= 4 is 52.1 Å². The standard InChI is InChI=1S/C44H45N9O8/c1-5-45-37-25-39-35(23-27(37)3)44(36-24-28(4)38(46-6-2)26-40(36)61-39)34-10-8-7-9-33(34)41(54)51(44)22-21-50(43(56)49-30-13-17-32(18-14-30)53(59)60)20-19-47-42(55)48-29-11-15-31(16-12-29)52(57)58/h7-18,23-26,45-46H,5-6,19-22H2,1-4H3,(H,49,56)(H2,47,48,55). The van der Waals surface area contributed by atoms with Gasteiger partial charge in [0.05, 0.1) is 9.85 Å². The van der Waals surface area contributed by atoms with Gasteiger partial charge in [-0.05, 0) is 86.8 Å². The molecular formula is C44H45N9O8. The smallest absolute Gasteiger partial charge is 0.321 e. The van der Waals surface area contributed by atoms with Crippen LogP contribution in [-0.2, 0) is 5.54 Å². The van der Waals surface area contributed by atoms with Gasteiger partial charge in [0.1, 0.15) is 17.0 Å². The van der Waals surface area contributed by atoms with Crippen molar-refractivity contribution in [1.29, 1.82) is 0 Å². The van der Waals surface area contributed by atoms with Crippen LogP contribution in [-0.4, -0.2) is 76.9 Å². The number of hydrogen-bond acceptors (Lipinski definition) is 10. The summed E-state index contributed by atoms with van der Waals surface area (Å²) in [6, 6.07) is 25.1. The molecule has 0 bridgehead atoms. The third-order valence-corrected chi connectivity index (χ3v) is 10.8. The number of non-ortho nitro benzene ring substituents is 2. The number of nitro groups is 2. The van der Waals surface area contributed by atoms with E-state index in [1.54, 1.807) is 11.0 Å². The number of aryl methyl sites for hydroxylation is 2. The van der Waals surface area contributed by atoms with E-state index in [1.807, 2.05) is 58.0 Å². The normalized spacial score (nSPS) is 13.0. The van der Waals surface area contributed by atoms with E-state index < -0.39 is 27.4 Å². The molecule has 2 aliphatic heterocycles.